The van der Waals surface area contributed by atoms with E-state index in [9.17, 15) is 0 Å². The molecule has 1 fully saturated rings. The van der Waals surface area contributed by atoms with Crippen LogP contribution in [0.5, 0.6) is 0 Å². The highest BCUT2D eigenvalue weighted by molar-refractivity contribution is 5.39. The molecule has 1 aliphatic rings. The Bertz CT molecular complexity index is 356. The number of rotatable bonds is 5. The second-order valence-corrected chi connectivity index (χ2v) is 5.05. The van der Waals surface area contributed by atoms with Crippen molar-refractivity contribution in [3.8, 4) is 0 Å². The highest BCUT2D eigenvalue weighted by Crippen LogP contribution is 2.49. The molecule has 0 saturated heterocycles. The van der Waals surface area contributed by atoms with Gasteiger partial charge in [0.2, 0.25) is 0 Å². The highest BCUT2D eigenvalue weighted by Gasteiger charge is 2.45. The molecule has 1 aromatic rings. The largest absolute Gasteiger partial charge is 0.384 e. The summed E-state index contributed by atoms with van der Waals surface area (Å²) in [6.45, 7) is 2.90. The van der Waals surface area contributed by atoms with Gasteiger partial charge in [-0.3, -0.25) is 0 Å². The summed E-state index contributed by atoms with van der Waals surface area (Å²) in [6, 6.07) is 8.89. The van der Waals surface area contributed by atoms with Crippen LogP contribution in [0.2, 0.25) is 0 Å². The van der Waals surface area contributed by atoms with Crippen LogP contribution in [0.4, 0.5) is 0 Å². The van der Waals surface area contributed by atoms with Crippen molar-refractivity contribution in [2.45, 2.75) is 37.6 Å². The van der Waals surface area contributed by atoms with Gasteiger partial charge in [0.25, 0.3) is 0 Å². The van der Waals surface area contributed by atoms with Crippen molar-refractivity contribution in [3.05, 3.63) is 35.4 Å². The maximum absolute atomic E-state index is 5.90. The molecule has 0 aromatic heterocycles. The number of hydrogen-bond acceptors (Lipinski definition) is 2. The molecular formula is C14H21NO. The third-order valence-electron chi connectivity index (χ3n) is 3.40. The van der Waals surface area contributed by atoms with Crippen molar-refractivity contribution in [1.29, 1.82) is 0 Å². The van der Waals surface area contributed by atoms with Gasteiger partial charge in [-0.05, 0) is 37.3 Å². The normalized spacial score (nSPS) is 19.4. The molecule has 2 N–H and O–H groups in total. The number of hydrogen-bond donors (Lipinski definition) is 1. The Morgan fingerprint density at radius 1 is 1.38 bits per heavy atom. The van der Waals surface area contributed by atoms with Crippen LogP contribution in [0.25, 0.3) is 0 Å². The first-order valence-electron chi connectivity index (χ1n) is 6.01. The van der Waals surface area contributed by atoms with Crippen LogP contribution in [0.3, 0.4) is 0 Å². The molecular weight excluding hydrogens is 198 g/mol. The molecule has 2 rings (SSSR count). The summed E-state index contributed by atoms with van der Waals surface area (Å²) in [5, 5.41) is 0. The first kappa shape index (κ1) is 11.6. The molecule has 1 saturated carbocycles. The van der Waals surface area contributed by atoms with E-state index in [1.54, 1.807) is 7.11 Å². The number of methoxy groups -OCH3 is 1. The van der Waals surface area contributed by atoms with Gasteiger partial charge >= 0.3 is 0 Å². The minimum Gasteiger partial charge on any atom is -0.384 e. The van der Waals surface area contributed by atoms with Crippen molar-refractivity contribution in [3.63, 3.8) is 0 Å². The smallest absolute Gasteiger partial charge is 0.0559 e. The van der Waals surface area contributed by atoms with Gasteiger partial charge in [0, 0.05) is 18.6 Å². The van der Waals surface area contributed by atoms with Gasteiger partial charge in [0.05, 0.1) is 6.61 Å². The Balaban J connectivity index is 2.26. The molecule has 1 atom stereocenters. The average Bonchev–Trinajstić information content (AvgIpc) is 2.99. The van der Waals surface area contributed by atoms with Gasteiger partial charge in [-0.2, -0.15) is 0 Å². The third kappa shape index (κ3) is 2.28. The average molecular weight is 219 g/mol. The van der Waals surface area contributed by atoms with E-state index in [4.69, 9.17) is 10.5 Å². The SMILES string of the molecule is COCC1(c2ccccc2CC(C)N)CC1. The second-order valence-electron chi connectivity index (χ2n) is 5.05. The predicted octanol–water partition coefficient (Wildman–Crippen LogP) is 2.25. The number of ether oxygens (including phenoxy) is 1. The molecule has 0 spiro atoms. The van der Waals surface area contributed by atoms with Crippen molar-refractivity contribution in [1.82, 2.24) is 0 Å². The Hall–Kier alpha value is -0.860. The lowest BCUT2D eigenvalue weighted by Gasteiger charge is -2.19. The molecule has 16 heavy (non-hydrogen) atoms. The van der Waals surface area contributed by atoms with Crippen LogP contribution < -0.4 is 5.73 Å². The van der Waals surface area contributed by atoms with E-state index in [-0.39, 0.29) is 6.04 Å². The molecule has 0 heterocycles. The van der Waals surface area contributed by atoms with Crippen molar-refractivity contribution in [2.75, 3.05) is 13.7 Å². The van der Waals surface area contributed by atoms with E-state index in [0.29, 0.717) is 5.41 Å². The monoisotopic (exact) mass is 219 g/mol. The molecule has 0 bridgehead atoms. The summed E-state index contributed by atoms with van der Waals surface area (Å²) in [7, 11) is 1.79. The lowest BCUT2D eigenvalue weighted by atomic mass is 9.89. The zero-order valence-corrected chi connectivity index (χ0v) is 10.2. The van der Waals surface area contributed by atoms with Crippen LogP contribution in [-0.2, 0) is 16.6 Å². The fourth-order valence-electron chi connectivity index (χ4n) is 2.48. The van der Waals surface area contributed by atoms with E-state index in [1.165, 1.54) is 24.0 Å². The second kappa shape index (κ2) is 4.56. The fraction of sp³-hybridized carbons (Fsp3) is 0.571. The first-order valence-corrected chi connectivity index (χ1v) is 6.01. The first-order chi connectivity index (χ1) is 7.68. The molecule has 2 heteroatoms. The van der Waals surface area contributed by atoms with Crippen LogP contribution >= 0.6 is 0 Å². The van der Waals surface area contributed by atoms with Crippen molar-refractivity contribution < 1.29 is 4.74 Å². The van der Waals surface area contributed by atoms with Gasteiger partial charge in [0.1, 0.15) is 0 Å². The van der Waals surface area contributed by atoms with Crippen LogP contribution in [-0.4, -0.2) is 19.8 Å². The molecule has 1 aromatic carbocycles. The van der Waals surface area contributed by atoms with Crippen molar-refractivity contribution >= 4 is 0 Å². The summed E-state index contributed by atoms with van der Waals surface area (Å²) in [4.78, 5) is 0. The van der Waals surface area contributed by atoms with Gasteiger partial charge in [-0.25, -0.2) is 0 Å². The summed E-state index contributed by atoms with van der Waals surface area (Å²) in [6.07, 6.45) is 3.45. The maximum Gasteiger partial charge on any atom is 0.0559 e. The zero-order chi connectivity index (χ0) is 11.6. The van der Waals surface area contributed by atoms with Crippen molar-refractivity contribution in [2.24, 2.45) is 5.73 Å². The minimum atomic E-state index is 0.222. The molecule has 0 aliphatic heterocycles. The Labute approximate surface area is 97.8 Å². The summed E-state index contributed by atoms with van der Waals surface area (Å²) in [5.74, 6) is 0. The number of nitrogens with two attached hydrogens (primary N) is 1. The maximum atomic E-state index is 5.90. The van der Waals surface area contributed by atoms with E-state index < -0.39 is 0 Å². The van der Waals surface area contributed by atoms with Gasteiger partial charge in [0.15, 0.2) is 0 Å². The predicted molar refractivity (Wildman–Crippen MR) is 66.6 cm³/mol. The van der Waals surface area contributed by atoms with Crippen LogP contribution in [0.1, 0.15) is 30.9 Å². The molecule has 2 nitrogen and oxygen atoms in total. The summed E-state index contributed by atoms with van der Waals surface area (Å²) < 4.78 is 5.35. The van der Waals surface area contributed by atoms with E-state index in [2.05, 4.69) is 31.2 Å². The lowest BCUT2D eigenvalue weighted by molar-refractivity contribution is 0.171. The summed E-state index contributed by atoms with van der Waals surface area (Å²) in [5.41, 5.74) is 9.04. The minimum absolute atomic E-state index is 0.222. The van der Waals surface area contributed by atoms with E-state index in [0.717, 1.165) is 13.0 Å². The summed E-state index contributed by atoms with van der Waals surface area (Å²) >= 11 is 0. The lowest BCUT2D eigenvalue weighted by Crippen LogP contribution is -2.22. The quantitative estimate of drug-likeness (QED) is 0.824. The molecule has 0 amide bonds. The fourth-order valence-corrected chi connectivity index (χ4v) is 2.48. The van der Waals surface area contributed by atoms with Crippen LogP contribution in [0, 0.1) is 0 Å². The van der Waals surface area contributed by atoms with Gasteiger partial charge in [-0.15, -0.1) is 0 Å². The molecule has 88 valence electrons. The van der Waals surface area contributed by atoms with E-state index >= 15 is 0 Å². The standard InChI is InChI=1S/C14H21NO/c1-11(15)9-12-5-3-4-6-13(12)14(7-8-14)10-16-2/h3-6,11H,7-10,15H2,1-2H3. The Morgan fingerprint density at radius 3 is 2.62 bits per heavy atom. The zero-order valence-electron chi connectivity index (χ0n) is 10.2. The third-order valence-corrected chi connectivity index (χ3v) is 3.40. The van der Waals surface area contributed by atoms with Gasteiger partial charge < -0.3 is 10.5 Å². The Kier molecular flexibility index (Phi) is 3.31. The highest BCUT2D eigenvalue weighted by atomic mass is 16.5. The number of benzene rings is 1. The van der Waals surface area contributed by atoms with Gasteiger partial charge in [-0.1, -0.05) is 24.3 Å². The van der Waals surface area contributed by atoms with E-state index in [1.807, 2.05) is 0 Å². The molecule has 1 aliphatic carbocycles. The molecule has 1 unspecified atom stereocenters. The van der Waals surface area contributed by atoms with Crippen LogP contribution in [0.15, 0.2) is 24.3 Å². The molecule has 0 radical (unpaired) electrons. The topological polar surface area (TPSA) is 35.2 Å². The Morgan fingerprint density at radius 2 is 2.06 bits per heavy atom.